The average molecular weight is 380 g/mol. The summed E-state index contributed by atoms with van der Waals surface area (Å²) in [5.41, 5.74) is 5.57. The molecule has 3 aromatic heterocycles. The molecule has 136 valence electrons. The molecule has 4 rings (SSSR count). The van der Waals surface area contributed by atoms with Crippen LogP contribution in [0.4, 0.5) is 9.52 Å². The second kappa shape index (κ2) is 6.59. The SMILES string of the molecule is Cc1ccc(-c2csc(NC(=O)c3c(C)nc4ccc(F)cn34)n2)cc1C. The van der Waals surface area contributed by atoms with Gasteiger partial charge in [0.1, 0.15) is 17.2 Å². The minimum Gasteiger partial charge on any atom is -0.296 e. The molecule has 1 amide bonds. The summed E-state index contributed by atoms with van der Waals surface area (Å²) in [4.78, 5) is 21.6. The van der Waals surface area contributed by atoms with E-state index in [0.717, 1.165) is 11.3 Å². The Hall–Kier alpha value is -3.06. The number of anilines is 1. The Morgan fingerprint density at radius 3 is 2.70 bits per heavy atom. The molecule has 4 aromatic rings. The van der Waals surface area contributed by atoms with Crippen LogP contribution in [-0.2, 0) is 0 Å². The average Bonchev–Trinajstić information content (AvgIpc) is 3.20. The Bertz CT molecular complexity index is 1180. The summed E-state index contributed by atoms with van der Waals surface area (Å²) in [6.45, 7) is 5.84. The first-order valence-electron chi connectivity index (χ1n) is 8.41. The van der Waals surface area contributed by atoms with Crippen LogP contribution in [0.5, 0.6) is 0 Å². The number of halogens is 1. The molecule has 7 heteroatoms. The van der Waals surface area contributed by atoms with Crippen LogP contribution in [0.25, 0.3) is 16.9 Å². The van der Waals surface area contributed by atoms with Crippen molar-refractivity contribution in [2.45, 2.75) is 20.8 Å². The fourth-order valence-corrected chi connectivity index (χ4v) is 3.65. The Morgan fingerprint density at radius 2 is 1.93 bits per heavy atom. The molecule has 0 radical (unpaired) electrons. The molecule has 0 aliphatic heterocycles. The van der Waals surface area contributed by atoms with Gasteiger partial charge in [-0.15, -0.1) is 11.3 Å². The van der Waals surface area contributed by atoms with Gasteiger partial charge in [0.2, 0.25) is 0 Å². The van der Waals surface area contributed by atoms with E-state index >= 15 is 0 Å². The molecular weight excluding hydrogens is 363 g/mol. The number of carbonyl (C=O) groups excluding carboxylic acids is 1. The minimum absolute atomic E-state index is 0.299. The van der Waals surface area contributed by atoms with Crippen molar-refractivity contribution < 1.29 is 9.18 Å². The summed E-state index contributed by atoms with van der Waals surface area (Å²) in [6.07, 6.45) is 1.26. The maximum Gasteiger partial charge on any atom is 0.276 e. The van der Waals surface area contributed by atoms with Gasteiger partial charge in [-0.1, -0.05) is 12.1 Å². The lowest BCUT2D eigenvalue weighted by molar-refractivity contribution is 0.102. The van der Waals surface area contributed by atoms with Gasteiger partial charge in [0.15, 0.2) is 5.13 Å². The summed E-state index contributed by atoms with van der Waals surface area (Å²) in [7, 11) is 0. The Kier molecular flexibility index (Phi) is 4.24. The number of aromatic nitrogens is 3. The number of nitrogens with zero attached hydrogens (tertiary/aromatic N) is 3. The molecule has 0 bridgehead atoms. The van der Waals surface area contributed by atoms with Gasteiger partial charge in [0.05, 0.1) is 11.4 Å². The largest absolute Gasteiger partial charge is 0.296 e. The second-order valence-corrected chi connectivity index (χ2v) is 7.27. The maximum atomic E-state index is 13.6. The molecule has 0 aliphatic rings. The lowest BCUT2D eigenvalue weighted by Gasteiger charge is -2.04. The van der Waals surface area contributed by atoms with E-state index in [-0.39, 0.29) is 5.91 Å². The van der Waals surface area contributed by atoms with Crippen LogP contribution in [-0.4, -0.2) is 20.3 Å². The highest BCUT2D eigenvalue weighted by Crippen LogP contribution is 2.27. The molecule has 0 spiro atoms. The van der Waals surface area contributed by atoms with Crippen LogP contribution >= 0.6 is 11.3 Å². The lowest BCUT2D eigenvalue weighted by atomic mass is 10.1. The van der Waals surface area contributed by atoms with E-state index in [0.29, 0.717) is 22.2 Å². The van der Waals surface area contributed by atoms with E-state index in [1.54, 1.807) is 13.0 Å². The Morgan fingerprint density at radius 1 is 1.11 bits per heavy atom. The molecule has 1 aromatic carbocycles. The van der Waals surface area contributed by atoms with Crippen LogP contribution < -0.4 is 5.32 Å². The number of amides is 1. The van der Waals surface area contributed by atoms with Crippen molar-refractivity contribution in [3.63, 3.8) is 0 Å². The summed E-state index contributed by atoms with van der Waals surface area (Å²) >= 11 is 1.35. The monoisotopic (exact) mass is 380 g/mol. The molecule has 0 unspecified atom stereocenters. The number of carbonyl (C=O) groups is 1. The van der Waals surface area contributed by atoms with Crippen molar-refractivity contribution in [2.24, 2.45) is 0 Å². The van der Waals surface area contributed by atoms with Crippen molar-refractivity contribution in [1.82, 2.24) is 14.4 Å². The molecule has 5 nitrogen and oxygen atoms in total. The van der Waals surface area contributed by atoms with E-state index < -0.39 is 5.82 Å². The van der Waals surface area contributed by atoms with Crippen LogP contribution in [0.15, 0.2) is 41.9 Å². The normalized spacial score (nSPS) is 11.1. The first kappa shape index (κ1) is 17.4. The summed E-state index contributed by atoms with van der Waals surface area (Å²) < 4.78 is 15.0. The Labute approximate surface area is 159 Å². The lowest BCUT2D eigenvalue weighted by Crippen LogP contribution is -2.15. The molecule has 0 atom stereocenters. The van der Waals surface area contributed by atoms with E-state index in [4.69, 9.17) is 0 Å². The third-order valence-corrected chi connectivity index (χ3v) is 5.26. The summed E-state index contributed by atoms with van der Waals surface area (Å²) in [6, 6.07) is 9.01. The van der Waals surface area contributed by atoms with Gasteiger partial charge < -0.3 is 0 Å². The highest BCUT2D eigenvalue weighted by molar-refractivity contribution is 7.14. The number of thiazole rings is 1. The summed E-state index contributed by atoms with van der Waals surface area (Å²) in [5.74, 6) is -0.799. The van der Waals surface area contributed by atoms with Gasteiger partial charge in [0, 0.05) is 17.1 Å². The van der Waals surface area contributed by atoms with Crippen molar-refractivity contribution in [3.05, 3.63) is 70.2 Å². The predicted molar refractivity (Wildman–Crippen MR) is 105 cm³/mol. The van der Waals surface area contributed by atoms with Crippen LogP contribution in [0.2, 0.25) is 0 Å². The first-order chi connectivity index (χ1) is 12.9. The van der Waals surface area contributed by atoms with E-state index in [2.05, 4.69) is 41.3 Å². The third-order valence-electron chi connectivity index (χ3n) is 4.50. The third kappa shape index (κ3) is 3.21. The maximum absolute atomic E-state index is 13.6. The highest BCUT2D eigenvalue weighted by Gasteiger charge is 2.18. The summed E-state index contributed by atoms with van der Waals surface area (Å²) in [5, 5.41) is 5.19. The van der Waals surface area contributed by atoms with E-state index in [1.165, 1.54) is 39.1 Å². The Balaban J connectivity index is 1.63. The van der Waals surface area contributed by atoms with Gasteiger partial charge in [-0.05, 0) is 50.1 Å². The van der Waals surface area contributed by atoms with Gasteiger partial charge in [-0.2, -0.15) is 0 Å². The number of aryl methyl sites for hydroxylation is 3. The second-order valence-electron chi connectivity index (χ2n) is 6.41. The zero-order valence-electron chi connectivity index (χ0n) is 15.1. The van der Waals surface area contributed by atoms with Crippen LogP contribution in [0.1, 0.15) is 27.3 Å². The number of pyridine rings is 1. The molecule has 0 aliphatic carbocycles. The molecule has 0 saturated heterocycles. The number of imidazole rings is 1. The molecule has 3 heterocycles. The van der Waals surface area contributed by atoms with Crippen LogP contribution in [0.3, 0.4) is 0 Å². The number of hydrogen-bond donors (Lipinski definition) is 1. The number of hydrogen-bond acceptors (Lipinski definition) is 4. The molecule has 0 saturated carbocycles. The van der Waals surface area contributed by atoms with Gasteiger partial charge in [-0.3, -0.25) is 14.5 Å². The smallest absolute Gasteiger partial charge is 0.276 e. The van der Waals surface area contributed by atoms with E-state index in [9.17, 15) is 9.18 Å². The molecule has 27 heavy (non-hydrogen) atoms. The molecule has 1 N–H and O–H groups in total. The quantitative estimate of drug-likeness (QED) is 0.557. The van der Waals surface area contributed by atoms with Gasteiger partial charge >= 0.3 is 0 Å². The predicted octanol–water partition coefficient (Wildman–Crippen LogP) is 4.77. The number of benzene rings is 1. The fraction of sp³-hybridized carbons (Fsp3) is 0.150. The van der Waals surface area contributed by atoms with Crippen molar-refractivity contribution >= 4 is 28.0 Å². The highest BCUT2D eigenvalue weighted by atomic mass is 32.1. The standard InChI is InChI=1S/C20H17FN4OS/c1-11-4-5-14(8-12(11)2)16-10-27-20(23-16)24-19(26)18-13(3)22-17-7-6-15(21)9-25(17)18/h4-10H,1-3H3,(H,23,24,26). The number of nitrogens with one attached hydrogen (secondary N) is 1. The first-order valence-corrected chi connectivity index (χ1v) is 9.29. The fourth-order valence-electron chi connectivity index (χ4n) is 2.93. The van der Waals surface area contributed by atoms with Gasteiger partial charge in [0.25, 0.3) is 5.91 Å². The molecule has 0 fully saturated rings. The zero-order valence-corrected chi connectivity index (χ0v) is 15.9. The minimum atomic E-state index is -0.430. The van der Waals surface area contributed by atoms with Crippen molar-refractivity contribution in [2.75, 3.05) is 5.32 Å². The van der Waals surface area contributed by atoms with Crippen LogP contribution in [0, 0.1) is 26.6 Å². The van der Waals surface area contributed by atoms with Gasteiger partial charge in [-0.25, -0.2) is 14.4 Å². The number of rotatable bonds is 3. The number of fused-ring (bicyclic) bond motifs is 1. The van der Waals surface area contributed by atoms with Crippen molar-refractivity contribution in [3.8, 4) is 11.3 Å². The topological polar surface area (TPSA) is 59.3 Å². The molecular formula is C20H17FN4OS. The van der Waals surface area contributed by atoms with Crippen molar-refractivity contribution in [1.29, 1.82) is 0 Å². The van der Waals surface area contributed by atoms with E-state index in [1.807, 2.05) is 11.4 Å². The zero-order chi connectivity index (χ0) is 19.1.